The van der Waals surface area contributed by atoms with Crippen LogP contribution in [0.5, 0.6) is 0 Å². The van der Waals surface area contributed by atoms with E-state index < -0.39 is 29.4 Å². The molecule has 4 aromatic rings. The topological polar surface area (TPSA) is 87.5 Å². The van der Waals surface area contributed by atoms with E-state index in [9.17, 15) is 14.4 Å². The van der Waals surface area contributed by atoms with E-state index in [0.717, 1.165) is 95.4 Å². The number of amides is 2. The Morgan fingerprint density at radius 1 is 0.857 bits per heavy atom. The fraction of sp³-hybridized carbons (Fsp3) is 0.511. The summed E-state index contributed by atoms with van der Waals surface area (Å²) in [7, 11) is 0. The van der Waals surface area contributed by atoms with Gasteiger partial charge >= 0.3 is 0 Å². The highest BCUT2D eigenvalue weighted by Gasteiger charge is 2.48. The minimum absolute atomic E-state index is 0.0779. The standard InChI is InChI=1S/C45H48ClF2N5O3/c46-33-5-4-6-36-40(33)42(56)50-43-45(13-2-1-3-14-45)32-9-7-29(21-37(32)53(36)43)28-11-17-51(18-12-28)26-27-24-44(25-27)15-19-52(20-16-44)30-22-34(47)39(35(48)23-30)31-8-10-38(54)49-41(31)55/h4-7,9,21-23,27-28,31H,1-3,8,10-20,24-26H2,(H,49,54,55). The van der Waals surface area contributed by atoms with Gasteiger partial charge in [-0.15, -0.1) is 0 Å². The number of fused-ring (bicyclic) bond motifs is 7. The van der Waals surface area contributed by atoms with Crippen molar-refractivity contribution in [2.75, 3.05) is 37.6 Å². The fourth-order valence-electron chi connectivity index (χ4n) is 11.8. The van der Waals surface area contributed by atoms with Crippen LogP contribution in [0.1, 0.15) is 118 Å². The Bertz CT molecular complexity index is 2290. The molecule has 4 aliphatic heterocycles. The van der Waals surface area contributed by atoms with Gasteiger partial charge in [0.05, 0.1) is 32.9 Å². The van der Waals surface area contributed by atoms with Crippen LogP contribution in [-0.4, -0.2) is 59.0 Å². The molecule has 1 aromatic heterocycles. The van der Waals surface area contributed by atoms with Gasteiger partial charge in [0.1, 0.15) is 17.5 Å². The molecular weight excluding hydrogens is 732 g/mol. The first-order valence-corrected chi connectivity index (χ1v) is 21.2. The molecule has 2 spiro atoms. The molecule has 0 bridgehead atoms. The predicted molar refractivity (Wildman–Crippen MR) is 213 cm³/mol. The monoisotopic (exact) mass is 779 g/mol. The lowest BCUT2D eigenvalue weighted by atomic mass is 9.57. The lowest BCUT2D eigenvalue weighted by Gasteiger charge is -2.54. The van der Waals surface area contributed by atoms with E-state index in [1.807, 2.05) is 12.1 Å². The normalized spacial score (nSPS) is 23.7. The lowest BCUT2D eigenvalue weighted by molar-refractivity contribution is -0.134. The largest absolute Gasteiger partial charge is 0.371 e. The van der Waals surface area contributed by atoms with Crippen LogP contribution in [0.15, 0.2) is 53.3 Å². The number of likely N-dealkylation sites (tertiary alicyclic amines) is 1. The molecule has 292 valence electrons. The van der Waals surface area contributed by atoms with E-state index in [0.29, 0.717) is 33.3 Å². The van der Waals surface area contributed by atoms with Gasteiger partial charge in [-0.1, -0.05) is 49.1 Å². The van der Waals surface area contributed by atoms with Gasteiger partial charge in [-0.3, -0.25) is 24.3 Å². The molecule has 1 N–H and O–H groups in total. The zero-order chi connectivity index (χ0) is 38.3. The molecule has 0 radical (unpaired) electrons. The maximum atomic E-state index is 15.2. The molecule has 6 aliphatic rings. The Morgan fingerprint density at radius 2 is 1.59 bits per heavy atom. The SMILES string of the molecule is O=C1CCC(c2c(F)cc(N3CCC4(CC3)CC(CN3CCC(c5ccc6c(c5)-n5c(nc(=O)c7c(Cl)cccc75)C65CCCCC5)CC3)C4)cc2F)C(=O)N1. The van der Waals surface area contributed by atoms with Gasteiger partial charge in [-0.05, 0) is 130 Å². The summed E-state index contributed by atoms with van der Waals surface area (Å²) in [6.07, 6.45) is 12.4. The molecule has 3 aromatic carbocycles. The van der Waals surface area contributed by atoms with E-state index in [2.05, 4.69) is 37.9 Å². The Balaban J connectivity index is 0.767. The first-order valence-electron chi connectivity index (χ1n) is 20.8. The number of nitrogens with zero attached hydrogens (tertiary/aromatic N) is 4. The summed E-state index contributed by atoms with van der Waals surface area (Å²) in [5.74, 6) is -1.40. The molecule has 1 atom stereocenters. The third-order valence-electron chi connectivity index (χ3n) is 14.6. The number of piperidine rings is 3. The van der Waals surface area contributed by atoms with Gasteiger partial charge in [-0.25, -0.2) is 8.78 Å². The second kappa shape index (κ2) is 13.8. The summed E-state index contributed by atoms with van der Waals surface area (Å²) >= 11 is 6.60. The zero-order valence-corrected chi connectivity index (χ0v) is 32.5. The van der Waals surface area contributed by atoms with Crippen LogP contribution < -0.4 is 15.8 Å². The number of rotatable bonds is 5. The zero-order valence-electron chi connectivity index (χ0n) is 31.7. The molecule has 10 rings (SSSR count). The Hall–Kier alpha value is -4.15. The molecule has 2 aliphatic carbocycles. The van der Waals surface area contributed by atoms with Crippen molar-refractivity contribution >= 4 is 40.0 Å². The predicted octanol–water partition coefficient (Wildman–Crippen LogP) is 8.28. The van der Waals surface area contributed by atoms with Crippen molar-refractivity contribution in [1.29, 1.82) is 0 Å². The number of hydrogen-bond donors (Lipinski definition) is 1. The van der Waals surface area contributed by atoms with E-state index in [1.54, 1.807) is 6.07 Å². The molecule has 5 fully saturated rings. The minimum Gasteiger partial charge on any atom is -0.371 e. The highest BCUT2D eigenvalue weighted by molar-refractivity contribution is 6.35. The van der Waals surface area contributed by atoms with Crippen molar-refractivity contribution in [2.24, 2.45) is 11.3 Å². The van der Waals surface area contributed by atoms with Crippen LogP contribution >= 0.6 is 11.6 Å². The van der Waals surface area contributed by atoms with E-state index in [-0.39, 0.29) is 29.4 Å². The van der Waals surface area contributed by atoms with E-state index in [1.165, 1.54) is 48.2 Å². The maximum absolute atomic E-state index is 15.2. The van der Waals surface area contributed by atoms with Gasteiger partial charge in [0.2, 0.25) is 11.8 Å². The van der Waals surface area contributed by atoms with Crippen molar-refractivity contribution in [3.05, 3.63) is 98.1 Å². The number of carbonyl (C=O) groups excluding carboxylic acids is 2. The van der Waals surface area contributed by atoms with Gasteiger partial charge in [-0.2, -0.15) is 4.98 Å². The molecule has 56 heavy (non-hydrogen) atoms. The molecule has 8 nitrogen and oxygen atoms in total. The molecular formula is C45H48ClF2N5O3. The smallest absolute Gasteiger partial charge is 0.282 e. The number of hydrogen-bond acceptors (Lipinski definition) is 6. The van der Waals surface area contributed by atoms with Crippen LogP contribution in [0.25, 0.3) is 16.6 Å². The molecule has 1 unspecified atom stereocenters. The van der Waals surface area contributed by atoms with Crippen molar-refractivity contribution < 1.29 is 18.4 Å². The van der Waals surface area contributed by atoms with Crippen LogP contribution in [0, 0.1) is 23.0 Å². The maximum Gasteiger partial charge on any atom is 0.282 e. The van der Waals surface area contributed by atoms with Crippen LogP contribution in [0.2, 0.25) is 5.02 Å². The lowest BCUT2D eigenvalue weighted by Crippen LogP contribution is -2.50. The second-order valence-corrected chi connectivity index (χ2v) is 18.2. The summed E-state index contributed by atoms with van der Waals surface area (Å²) in [6.45, 7) is 4.81. The fourth-order valence-corrected chi connectivity index (χ4v) is 12.0. The molecule has 2 amide bonds. The summed E-state index contributed by atoms with van der Waals surface area (Å²) in [5, 5.41) is 3.17. The van der Waals surface area contributed by atoms with Crippen LogP contribution in [0.4, 0.5) is 14.5 Å². The number of imide groups is 1. The highest BCUT2D eigenvalue weighted by atomic mass is 35.5. The van der Waals surface area contributed by atoms with Crippen molar-refractivity contribution in [3.63, 3.8) is 0 Å². The van der Waals surface area contributed by atoms with E-state index >= 15 is 8.78 Å². The number of carbonyl (C=O) groups is 2. The first kappa shape index (κ1) is 36.2. The van der Waals surface area contributed by atoms with Crippen molar-refractivity contribution in [2.45, 2.75) is 101 Å². The summed E-state index contributed by atoms with van der Waals surface area (Å²) in [4.78, 5) is 46.7. The average molecular weight is 780 g/mol. The average Bonchev–Trinajstić information content (AvgIpc) is 3.43. The Kier molecular flexibility index (Phi) is 8.89. The molecule has 5 heterocycles. The number of benzene rings is 3. The molecule has 3 saturated heterocycles. The van der Waals surface area contributed by atoms with Crippen molar-refractivity contribution in [1.82, 2.24) is 19.8 Å². The first-order chi connectivity index (χ1) is 27.1. The summed E-state index contributed by atoms with van der Waals surface area (Å²) < 4.78 is 32.7. The van der Waals surface area contributed by atoms with Gasteiger partial charge < -0.3 is 9.80 Å². The number of anilines is 1. The van der Waals surface area contributed by atoms with Gasteiger partial charge in [0, 0.05) is 37.3 Å². The number of nitrogens with one attached hydrogen (secondary N) is 1. The third-order valence-corrected chi connectivity index (χ3v) is 15.0. The Morgan fingerprint density at radius 3 is 2.30 bits per heavy atom. The quantitative estimate of drug-likeness (QED) is 0.205. The van der Waals surface area contributed by atoms with Crippen LogP contribution in [0.3, 0.4) is 0 Å². The van der Waals surface area contributed by atoms with E-state index in [4.69, 9.17) is 16.6 Å². The number of halogens is 3. The third kappa shape index (κ3) is 5.91. The molecule has 11 heteroatoms. The van der Waals surface area contributed by atoms with Crippen molar-refractivity contribution in [3.8, 4) is 5.69 Å². The number of aromatic nitrogens is 2. The minimum atomic E-state index is -0.983. The summed E-state index contributed by atoms with van der Waals surface area (Å²) in [6, 6.07) is 15.6. The Labute approximate surface area is 330 Å². The highest BCUT2D eigenvalue weighted by Crippen LogP contribution is 2.54. The van der Waals surface area contributed by atoms with Crippen LogP contribution in [-0.2, 0) is 15.0 Å². The second-order valence-electron chi connectivity index (χ2n) is 17.8. The molecule has 2 saturated carbocycles. The van der Waals surface area contributed by atoms with Gasteiger partial charge in [0.25, 0.3) is 5.56 Å². The van der Waals surface area contributed by atoms with Gasteiger partial charge in [0.15, 0.2) is 0 Å². The summed E-state index contributed by atoms with van der Waals surface area (Å²) in [5.41, 5.74) is 4.86.